The Kier molecular flexibility index (Phi) is 7.98. The van der Waals surface area contributed by atoms with E-state index in [0.717, 1.165) is 18.7 Å². The van der Waals surface area contributed by atoms with Gasteiger partial charge in [0, 0.05) is 12.2 Å². The molecule has 0 aliphatic heterocycles. The molecule has 108 valence electrons. The van der Waals surface area contributed by atoms with Gasteiger partial charge in [-0.2, -0.15) is 0 Å². The van der Waals surface area contributed by atoms with E-state index in [-0.39, 0.29) is 12.6 Å². The fraction of sp³-hybridized carbons (Fsp3) is 0.471. The number of carbonyl (C=O) groups excluding carboxylic acids is 1. The van der Waals surface area contributed by atoms with E-state index in [2.05, 4.69) is 18.2 Å². The molecule has 0 radical (unpaired) electrons. The Morgan fingerprint density at radius 1 is 1.30 bits per heavy atom. The predicted molar refractivity (Wildman–Crippen MR) is 82.8 cm³/mol. The number of unbranched alkanes of at least 4 members (excludes halogenated alkanes) is 4. The second-order valence-corrected chi connectivity index (χ2v) is 4.70. The maximum atomic E-state index is 11.7. The number of hydrogen-bond donors (Lipinski definition) is 1. The van der Waals surface area contributed by atoms with Crippen LogP contribution in [-0.2, 0) is 4.74 Å². The molecule has 0 spiro atoms. The number of anilines is 1. The monoisotopic (exact) mass is 273 g/mol. The van der Waals surface area contributed by atoms with Crippen LogP contribution in [-0.4, -0.2) is 19.1 Å². The number of hydrogen-bond acceptors (Lipinski definition) is 3. The first-order valence-corrected chi connectivity index (χ1v) is 7.22. The Morgan fingerprint density at radius 3 is 2.85 bits per heavy atom. The third-order valence-corrected chi connectivity index (χ3v) is 2.99. The molecule has 0 unspecified atom stereocenters. The van der Waals surface area contributed by atoms with Gasteiger partial charge in [0.1, 0.15) is 0 Å². The van der Waals surface area contributed by atoms with E-state index in [4.69, 9.17) is 11.2 Å². The number of benzene rings is 1. The molecule has 0 bridgehead atoms. The molecular formula is C17H23NO2. The van der Waals surface area contributed by atoms with Crippen molar-refractivity contribution in [3.8, 4) is 12.3 Å². The van der Waals surface area contributed by atoms with Crippen LogP contribution in [0, 0.1) is 12.3 Å². The lowest BCUT2D eigenvalue weighted by atomic mass is 10.1. The van der Waals surface area contributed by atoms with Crippen LogP contribution in [0.2, 0.25) is 0 Å². The third-order valence-electron chi connectivity index (χ3n) is 2.99. The Hall–Kier alpha value is -1.95. The number of terminal acetylenes is 1. The molecule has 0 fully saturated rings. The minimum atomic E-state index is -0.380. The summed E-state index contributed by atoms with van der Waals surface area (Å²) in [6.45, 7) is 3.14. The normalized spacial score (nSPS) is 9.80. The molecule has 1 N–H and O–H groups in total. The SMILES string of the molecule is C#CCOC(=O)c1cccc(NCCCCCCC)c1. The molecule has 0 aliphatic rings. The zero-order valence-electron chi connectivity index (χ0n) is 12.2. The van der Waals surface area contributed by atoms with Gasteiger partial charge in [-0.1, -0.05) is 44.6 Å². The zero-order valence-corrected chi connectivity index (χ0v) is 12.2. The molecular weight excluding hydrogens is 250 g/mol. The Balaban J connectivity index is 2.36. The van der Waals surface area contributed by atoms with E-state index < -0.39 is 0 Å². The maximum Gasteiger partial charge on any atom is 0.339 e. The maximum absolute atomic E-state index is 11.7. The van der Waals surface area contributed by atoms with Crippen LogP contribution < -0.4 is 5.32 Å². The van der Waals surface area contributed by atoms with Gasteiger partial charge < -0.3 is 10.1 Å². The summed E-state index contributed by atoms with van der Waals surface area (Å²) in [5.74, 6) is 1.90. The van der Waals surface area contributed by atoms with E-state index in [1.807, 2.05) is 12.1 Å². The highest BCUT2D eigenvalue weighted by Crippen LogP contribution is 2.12. The van der Waals surface area contributed by atoms with E-state index in [9.17, 15) is 4.79 Å². The molecule has 0 heterocycles. The molecule has 3 heteroatoms. The van der Waals surface area contributed by atoms with Crippen LogP contribution in [0.25, 0.3) is 0 Å². The highest BCUT2D eigenvalue weighted by molar-refractivity contribution is 5.90. The van der Waals surface area contributed by atoms with Crippen LogP contribution in [0.4, 0.5) is 5.69 Å². The first-order chi connectivity index (χ1) is 9.77. The molecule has 0 atom stereocenters. The summed E-state index contributed by atoms with van der Waals surface area (Å²) in [7, 11) is 0. The number of rotatable bonds is 9. The van der Waals surface area contributed by atoms with Gasteiger partial charge in [-0.15, -0.1) is 6.42 Å². The molecule has 20 heavy (non-hydrogen) atoms. The van der Waals surface area contributed by atoms with Gasteiger partial charge in [0.05, 0.1) is 5.56 Å². The summed E-state index contributed by atoms with van der Waals surface area (Å²) in [6.07, 6.45) is 11.3. The Bertz CT molecular complexity index is 449. The second kappa shape index (κ2) is 9.91. The van der Waals surface area contributed by atoms with E-state index in [1.165, 1.54) is 25.7 Å². The summed E-state index contributed by atoms with van der Waals surface area (Å²) >= 11 is 0. The standard InChI is InChI=1S/C17H23NO2/c1-3-5-6-7-8-12-18-16-11-9-10-15(14-16)17(19)20-13-4-2/h2,9-11,14,18H,3,5-8,12-13H2,1H3. The van der Waals surface area contributed by atoms with Gasteiger partial charge in [0.25, 0.3) is 0 Å². The minimum Gasteiger partial charge on any atom is -0.449 e. The topological polar surface area (TPSA) is 38.3 Å². The zero-order chi connectivity index (χ0) is 14.6. The summed E-state index contributed by atoms with van der Waals surface area (Å²) in [6, 6.07) is 7.31. The summed E-state index contributed by atoms with van der Waals surface area (Å²) in [5, 5.41) is 3.32. The van der Waals surface area contributed by atoms with Crippen molar-refractivity contribution in [3.05, 3.63) is 29.8 Å². The first-order valence-electron chi connectivity index (χ1n) is 7.22. The molecule has 0 saturated carbocycles. The van der Waals surface area contributed by atoms with Gasteiger partial charge >= 0.3 is 5.97 Å². The van der Waals surface area contributed by atoms with E-state index >= 15 is 0 Å². The number of carbonyl (C=O) groups is 1. The highest BCUT2D eigenvalue weighted by Gasteiger charge is 2.06. The number of esters is 1. The van der Waals surface area contributed by atoms with Gasteiger partial charge in [0.2, 0.25) is 0 Å². The smallest absolute Gasteiger partial charge is 0.339 e. The largest absolute Gasteiger partial charge is 0.449 e. The third kappa shape index (κ3) is 6.29. The number of ether oxygens (including phenoxy) is 1. The lowest BCUT2D eigenvalue weighted by molar-refractivity contribution is 0.0557. The summed E-state index contributed by atoms with van der Waals surface area (Å²) < 4.78 is 4.90. The fourth-order valence-corrected chi connectivity index (χ4v) is 1.91. The predicted octanol–water partition coefficient (Wildman–Crippen LogP) is 3.86. The van der Waals surface area contributed by atoms with Crippen LogP contribution >= 0.6 is 0 Å². The van der Waals surface area contributed by atoms with Crippen LogP contribution in [0.1, 0.15) is 49.4 Å². The average molecular weight is 273 g/mol. The lowest BCUT2D eigenvalue weighted by Gasteiger charge is -2.08. The molecule has 3 nitrogen and oxygen atoms in total. The molecule has 1 rings (SSSR count). The van der Waals surface area contributed by atoms with Gasteiger partial charge in [-0.3, -0.25) is 0 Å². The molecule has 0 saturated heterocycles. The van der Waals surface area contributed by atoms with Gasteiger partial charge in [-0.05, 0) is 24.6 Å². The minimum absolute atomic E-state index is 0.00786. The van der Waals surface area contributed by atoms with Crippen molar-refractivity contribution >= 4 is 11.7 Å². The fourth-order valence-electron chi connectivity index (χ4n) is 1.91. The lowest BCUT2D eigenvalue weighted by Crippen LogP contribution is -2.07. The van der Waals surface area contributed by atoms with Crippen LogP contribution in [0.5, 0.6) is 0 Å². The van der Waals surface area contributed by atoms with Crippen molar-refractivity contribution < 1.29 is 9.53 Å². The van der Waals surface area contributed by atoms with Crippen LogP contribution in [0.15, 0.2) is 24.3 Å². The highest BCUT2D eigenvalue weighted by atomic mass is 16.5. The molecule has 0 amide bonds. The van der Waals surface area contributed by atoms with Crippen molar-refractivity contribution in [3.63, 3.8) is 0 Å². The quantitative estimate of drug-likeness (QED) is 0.422. The van der Waals surface area contributed by atoms with Crippen molar-refractivity contribution in [1.29, 1.82) is 0 Å². The second-order valence-electron chi connectivity index (χ2n) is 4.70. The van der Waals surface area contributed by atoms with Crippen molar-refractivity contribution in [2.24, 2.45) is 0 Å². The molecule has 1 aromatic rings. The Morgan fingerprint density at radius 2 is 2.10 bits per heavy atom. The van der Waals surface area contributed by atoms with Gasteiger partial charge in [0.15, 0.2) is 6.61 Å². The molecule has 0 aromatic heterocycles. The van der Waals surface area contributed by atoms with Gasteiger partial charge in [-0.25, -0.2) is 4.79 Å². The van der Waals surface area contributed by atoms with Crippen LogP contribution in [0.3, 0.4) is 0 Å². The number of nitrogens with one attached hydrogen (secondary N) is 1. The Labute approximate surface area is 121 Å². The first kappa shape index (κ1) is 16.1. The van der Waals surface area contributed by atoms with Crippen molar-refractivity contribution in [1.82, 2.24) is 0 Å². The van der Waals surface area contributed by atoms with Crippen molar-refractivity contribution in [2.45, 2.75) is 39.0 Å². The summed E-state index contributed by atoms with van der Waals surface area (Å²) in [4.78, 5) is 11.7. The van der Waals surface area contributed by atoms with Crippen molar-refractivity contribution in [2.75, 3.05) is 18.5 Å². The van der Waals surface area contributed by atoms with E-state index in [1.54, 1.807) is 12.1 Å². The molecule has 1 aromatic carbocycles. The van der Waals surface area contributed by atoms with E-state index in [0.29, 0.717) is 5.56 Å². The molecule has 0 aliphatic carbocycles. The summed E-state index contributed by atoms with van der Waals surface area (Å²) in [5.41, 5.74) is 1.46. The average Bonchev–Trinajstić information content (AvgIpc) is 2.48.